The first kappa shape index (κ1) is 14.8. The minimum Gasteiger partial charge on any atom is -0.496 e. The number of carbonyl (C=O) groups excluding carboxylic acids is 2. The number of ether oxygens (including phenoxy) is 4. The van der Waals surface area contributed by atoms with Crippen LogP contribution in [0.15, 0.2) is 54.6 Å². The fourth-order valence-electron chi connectivity index (χ4n) is 4.24. The van der Waals surface area contributed by atoms with E-state index in [1.165, 1.54) is 19.3 Å². The number of rotatable bonds is 1. The highest BCUT2D eigenvalue weighted by Crippen LogP contribution is 2.59. The second-order valence-corrected chi connectivity index (χ2v) is 6.73. The van der Waals surface area contributed by atoms with Crippen molar-refractivity contribution in [2.24, 2.45) is 0 Å². The summed E-state index contributed by atoms with van der Waals surface area (Å²) in [6.45, 7) is 0. The smallest absolute Gasteiger partial charge is 0.265 e. The molecule has 132 valence electrons. The van der Waals surface area contributed by atoms with Gasteiger partial charge in [0.1, 0.15) is 17.2 Å². The summed E-state index contributed by atoms with van der Waals surface area (Å²) >= 11 is 0. The van der Waals surface area contributed by atoms with E-state index in [0.29, 0.717) is 39.5 Å². The highest BCUT2D eigenvalue weighted by Gasteiger charge is 2.60. The van der Waals surface area contributed by atoms with Crippen molar-refractivity contribution in [1.29, 1.82) is 0 Å². The van der Waals surface area contributed by atoms with Crippen molar-refractivity contribution in [3.8, 4) is 17.2 Å². The first-order valence-electron chi connectivity index (χ1n) is 8.47. The third-order valence-electron chi connectivity index (χ3n) is 5.32. The Labute approximate surface area is 153 Å². The van der Waals surface area contributed by atoms with Crippen molar-refractivity contribution in [2.45, 2.75) is 11.6 Å². The molecule has 6 nitrogen and oxygen atoms in total. The van der Waals surface area contributed by atoms with Gasteiger partial charge in [0, 0.05) is 5.56 Å². The van der Waals surface area contributed by atoms with Gasteiger partial charge in [0.05, 0.1) is 23.8 Å². The molecule has 2 aromatic rings. The predicted octanol–water partition coefficient (Wildman–Crippen LogP) is 3.01. The lowest BCUT2D eigenvalue weighted by atomic mass is 9.83. The van der Waals surface area contributed by atoms with Crippen LogP contribution in [0.3, 0.4) is 0 Å². The minimum atomic E-state index is -1.35. The first-order chi connectivity index (χ1) is 13.1. The van der Waals surface area contributed by atoms with E-state index in [-0.39, 0.29) is 11.6 Å². The van der Waals surface area contributed by atoms with E-state index in [1.807, 2.05) is 0 Å². The van der Waals surface area contributed by atoms with E-state index >= 15 is 0 Å². The Bertz CT molecular complexity index is 1140. The molecule has 0 saturated heterocycles. The molecule has 4 aliphatic rings. The summed E-state index contributed by atoms with van der Waals surface area (Å²) in [5.41, 5.74) is 1.83. The van der Waals surface area contributed by atoms with Gasteiger partial charge in [-0.3, -0.25) is 14.3 Å². The normalized spacial score (nSPS) is 28.0. The topological polar surface area (TPSA) is 71.1 Å². The highest BCUT2D eigenvalue weighted by molar-refractivity contribution is 6.10. The molecule has 0 saturated carbocycles. The second-order valence-electron chi connectivity index (χ2n) is 6.73. The summed E-state index contributed by atoms with van der Waals surface area (Å²) in [7, 11) is 1.50. The molecule has 2 spiro atoms. The maximum atomic E-state index is 12.6. The maximum absolute atomic E-state index is 12.6. The third kappa shape index (κ3) is 1.60. The van der Waals surface area contributed by atoms with Gasteiger partial charge in [-0.05, 0) is 42.5 Å². The van der Waals surface area contributed by atoms with Gasteiger partial charge in [-0.1, -0.05) is 12.1 Å². The molecular formula is C21H12O6. The fourth-order valence-corrected chi connectivity index (χ4v) is 4.24. The molecule has 6 rings (SSSR count). The summed E-state index contributed by atoms with van der Waals surface area (Å²) < 4.78 is 24.2. The molecule has 0 unspecified atom stereocenters. The number of methoxy groups -OCH3 is 1. The third-order valence-corrected chi connectivity index (χ3v) is 5.32. The van der Waals surface area contributed by atoms with Gasteiger partial charge in [0.25, 0.3) is 11.6 Å². The Morgan fingerprint density at radius 2 is 1.56 bits per heavy atom. The SMILES string of the molecule is COc1ccc2c3c1C(=O)C=C[C@]31Oc3cccc4c3[C@](C=CC4=O)(O2)O1. The van der Waals surface area contributed by atoms with Gasteiger partial charge in [0.15, 0.2) is 11.6 Å². The average molecular weight is 360 g/mol. The summed E-state index contributed by atoms with van der Waals surface area (Å²) in [6.07, 6.45) is 6.05. The van der Waals surface area contributed by atoms with Crippen molar-refractivity contribution in [3.05, 3.63) is 76.9 Å². The highest BCUT2D eigenvalue weighted by atomic mass is 16.8. The van der Waals surface area contributed by atoms with Gasteiger partial charge in [-0.2, -0.15) is 0 Å². The number of ketones is 2. The summed E-state index contributed by atoms with van der Waals surface area (Å²) in [6, 6.07) is 8.64. The van der Waals surface area contributed by atoms with Crippen LogP contribution in [0.1, 0.15) is 31.8 Å². The number of benzene rings is 2. The lowest BCUT2D eigenvalue weighted by Crippen LogP contribution is -2.56. The molecule has 0 amide bonds. The molecule has 2 aliphatic carbocycles. The van der Waals surface area contributed by atoms with Gasteiger partial charge in [-0.25, -0.2) is 0 Å². The second kappa shape index (κ2) is 4.47. The zero-order valence-corrected chi connectivity index (χ0v) is 14.1. The molecule has 2 aliphatic heterocycles. The van der Waals surface area contributed by atoms with E-state index in [1.54, 1.807) is 42.5 Å². The number of hydrogen-bond donors (Lipinski definition) is 0. The zero-order valence-electron chi connectivity index (χ0n) is 14.1. The molecular weight excluding hydrogens is 348 g/mol. The Hall–Kier alpha value is -3.38. The summed E-state index contributed by atoms with van der Waals surface area (Å²) in [5.74, 6) is -1.65. The quantitative estimate of drug-likeness (QED) is 0.779. The van der Waals surface area contributed by atoms with E-state index in [4.69, 9.17) is 18.9 Å². The van der Waals surface area contributed by atoms with Crippen LogP contribution in [0.5, 0.6) is 17.2 Å². The molecule has 2 aromatic carbocycles. The monoisotopic (exact) mass is 360 g/mol. The Balaban J connectivity index is 1.71. The molecule has 0 N–H and O–H groups in total. The molecule has 0 aromatic heterocycles. The molecule has 0 fully saturated rings. The van der Waals surface area contributed by atoms with Crippen molar-refractivity contribution >= 4 is 11.6 Å². The van der Waals surface area contributed by atoms with Crippen molar-refractivity contribution in [1.82, 2.24) is 0 Å². The van der Waals surface area contributed by atoms with Gasteiger partial charge in [-0.15, -0.1) is 0 Å². The number of allylic oxidation sites excluding steroid dienone is 2. The van der Waals surface area contributed by atoms with Gasteiger partial charge >= 0.3 is 0 Å². The van der Waals surface area contributed by atoms with Crippen LogP contribution in [0.25, 0.3) is 0 Å². The van der Waals surface area contributed by atoms with Gasteiger partial charge < -0.3 is 14.2 Å². The number of carbonyl (C=O) groups is 2. The lowest BCUT2D eigenvalue weighted by molar-refractivity contribution is -0.317. The maximum Gasteiger partial charge on any atom is 0.265 e. The van der Waals surface area contributed by atoms with Crippen LogP contribution in [-0.2, 0) is 16.3 Å². The van der Waals surface area contributed by atoms with E-state index in [9.17, 15) is 9.59 Å². The predicted molar refractivity (Wildman–Crippen MR) is 92.1 cm³/mol. The van der Waals surface area contributed by atoms with Crippen LogP contribution in [0.4, 0.5) is 0 Å². The van der Waals surface area contributed by atoms with E-state index < -0.39 is 11.6 Å². The fraction of sp³-hybridized carbons (Fsp3) is 0.143. The standard InChI is InChI=1S/C21H12O6/c1-24-14-5-6-16-19-17(14)13(23)8-10-21(19)25-15-4-2-3-11-12(22)7-9-20(26-16,27-21)18(11)15/h2-10H,1H3/t20-,21-/m1/s1. The van der Waals surface area contributed by atoms with Crippen molar-refractivity contribution in [2.75, 3.05) is 7.11 Å². The van der Waals surface area contributed by atoms with Crippen molar-refractivity contribution < 1.29 is 28.5 Å². The van der Waals surface area contributed by atoms with Crippen LogP contribution < -0.4 is 14.2 Å². The van der Waals surface area contributed by atoms with Crippen LogP contribution in [-0.4, -0.2) is 18.7 Å². The average Bonchev–Trinajstić information content (AvgIpc) is 2.68. The molecule has 27 heavy (non-hydrogen) atoms. The number of hydrogen-bond acceptors (Lipinski definition) is 6. The molecule has 2 atom stereocenters. The van der Waals surface area contributed by atoms with Gasteiger partial charge in [0.2, 0.25) is 0 Å². The summed E-state index contributed by atoms with van der Waals surface area (Å²) in [4.78, 5) is 24.9. The molecule has 0 radical (unpaired) electrons. The molecule has 2 heterocycles. The summed E-state index contributed by atoms with van der Waals surface area (Å²) in [5, 5.41) is 0. The van der Waals surface area contributed by atoms with Crippen LogP contribution in [0, 0.1) is 0 Å². The minimum absolute atomic E-state index is 0.139. The van der Waals surface area contributed by atoms with E-state index in [0.717, 1.165) is 0 Å². The Morgan fingerprint density at radius 1 is 0.852 bits per heavy atom. The first-order valence-corrected chi connectivity index (χ1v) is 8.47. The van der Waals surface area contributed by atoms with E-state index in [2.05, 4.69) is 0 Å². The van der Waals surface area contributed by atoms with Crippen molar-refractivity contribution in [3.63, 3.8) is 0 Å². The Kier molecular flexibility index (Phi) is 2.44. The molecule has 2 bridgehead atoms. The molecule has 6 heteroatoms. The lowest BCUT2D eigenvalue weighted by Gasteiger charge is -2.52. The Morgan fingerprint density at radius 3 is 2.33 bits per heavy atom. The van der Waals surface area contributed by atoms with Crippen LogP contribution >= 0.6 is 0 Å². The zero-order chi connectivity index (χ0) is 18.4. The van der Waals surface area contributed by atoms with Crippen LogP contribution in [0.2, 0.25) is 0 Å². The largest absolute Gasteiger partial charge is 0.496 e.